The Balaban J connectivity index is 1.27. The number of rotatable bonds is 7. The van der Waals surface area contributed by atoms with Crippen molar-refractivity contribution in [2.45, 2.75) is 50.3 Å². The van der Waals surface area contributed by atoms with Crippen molar-refractivity contribution >= 4 is 22.7 Å². The summed E-state index contributed by atoms with van der Waals surface area (Å²) in [6.07, 6.45) is 8.59. The van der Waals surface area contributed by atoms with E-state index in [0.717, 1.165) is 29.3 Å². The summed E-state index contributed by atoms with van der Waals surface area (Å²) < 4.78 is 6.02. The van der Waals surface area contributed by atoms with Gasteiger partial charge in [-0.2, -0.15) is 0 Å². The lowest BCUT2D eigenvalue weighted by Crippen LogP contribution is -2.46. The normalized spacial score (nSPS) is 20.7. The standard InChI is InChI=1S/C24H26N4O3/c29-23(10-7-16-13-26-21-6-2-1-5-20(16)21)28-15-19(31-18-4-3-11-25-14-18)12-22(28)24(30)27-17-8-9-17/h1-6,11,13-14,17,19,22,26H,7-10,12,15H2,(H,27,30)/t19-,22-/m0/s1. The lowest BCUT2D eigenvalue weighted by atomic mass is 10.1. The molecule has 160 valence electrons. The van der Waals surface area contributed by atoms with Gasteiger partial charge in [-0.25, -0.2) is 0 Å². The van der Waals surface area contributed by atoms with Gasteiger partial charge in [0, 0.05) is 42.2 Å². The highest BCUT2D eigenvalue weighted by Gasteiger charge is 2.41. The lowest BCUT2D eigenvalue weighted by Gasteiger charge is -2.23. The minimum absolute atomic E-state index is 0.0153. The van der Waals surface area contributed by atoms with E-state index >= 15 is 0 Å². The molecule has 5 rings (SSSR count). The van der Waals surface area contributed by atoms with Gasteiger partial charge in [0.05, 0.1) is 12.7 Å². The van der Waals surface area contributed by atoms with Crippen molar-refractivity contribution in [2.75, 3.05) is 6.54 Å². The maximum absolute atomic E-state index is 13.2. The fraction of sp³-hybridized carbons (Fsp3) is 0.375. The monoisotopic (exact) mass is 418 g/mol. The van der Waals surface area contributed by atoms with Crippen molar-refractivity contribution in [3.8, 4) is 5.75 Å². The molecule has 2 N–H and O–H groups in total. The topological polar surface area (TPSA) is 87.3 Å². The number of pyridine rings is 1. The molecule has 2 aromatic heterocycles. The van der Waals surface area contributed by atoms with Gasteiger partial charge >= 0.3 is 0 Å². The molecule has 7 nitrogen and oxygen atoms in total. The zero-order chi connectivity index (χ0) is 21.2. The summed E-state index contributed by atoms with van der Waals surface area (Å²) in [4.78, 5) is 35.0. The lowest BCUT2D eigenvalue weighted by molar-refractivity contribution is -0.138. The first-order valence-electron chi connectivity index (χ1n) is 10.9. The van der Waals surface area contributed by atoms with Crippen LogP contribution in [0, 0.1) is 0 Å². The summed E-state index contributed by atoms with van der Waals surface area (Å²) in [5.74, 6) is 0.570. The number of carbonyl (C=O) groups is 2. The largest absolute Gasteiger partial charge is 0.487 e. The van der Waals surface area contributed by atoms with Gasteiger partial charge in [-0.1, -0.05) is 18.2 Å². The Morgan fingerprint density at radius 1 is 1.19 bits per heavy atom. The van der Waals surface area contributed by atoms with E-state index in [1.807, 2.05) is 36.5 Å². The summed E-state index contributed by atoms with van der Waals surface area (Å²) in [6, 6.07) is 11.5. The molecule has 2 aliphatic rings. The van der Waals surface area contributed by atoms with Crippen LogP contribution in [0.4, 0.5) is 0 Å². The predicted molar refractivity (Wildman–Crippen MR) is 117 cm³/mol. The number of carbonyl (C=O) groups excluding carboxylic acids is 2. The highest BCUT2D eigenvalue weighted by atomic mass is 16.5. The molecule has 0 unspecified atom stereocenters. The number of ether oxygens (including phenoxy) is 1. The molecule has 7 heteroatoms. The van der Waals surface area contributed by atoms with E-state index in [1.54, 1.807) is 17.3 Å². The molecule has 3 aromatic rings. The number of hydrogen-bond donors (Lipinski definition) is 2. The van der Waals surface area contributed by atoms with Gasteiger partial charge in [-0.05, 0) is 43.0 Å². The minimum Gasteiger partial charge on any atom is -0.487 e. The van der Waals surface area contributed by atoms with Crippen LogP contribution in [0.1, 0.15) is 31.2 Å². The Morgan fingerprint density at radius 3 is 2.87 bits per heavy atom. The van der Waals surface area contributed by atoms with Crippen molar-refractivity contribution < 1.29 is 14.3 Å². The van der Waals surface area contributed by atoms with Crippen LogP contribution in [0.2, 0.25) is 0 Å². The second-order valence-electron chi connectivity index (χ2n) is 8.37. The van der Waals surface area contributed by atoms with Gasteiger partial charge in [0.2, 0.25) is 11.8 Å². The molecule has 1 aliphatic carbocycles. The first-order chi connectivity index (χ1) is 15.2. The van der Waals surface area contributed by atoms with Crippen LogP contribution in [0.3, 0.4) is 0 Å². The Hall–Kier alpha value is -3.35. The van der Waals surface area contributed by atoms with E-state index in [9.17, 15) is 9.59 Å². The highest BCUT2D eigenvalue weighted by molar-refractivity contribution is 5.89. The minimum atomic E-state index is -0.488. The smallest absolute Gasteiger partial charge is 0.243 e. The highest BCUT2D eigenvalue weighted by Crippen LogP contribution is 2.27. The fourth-order valence-electron chi connectivity index (χ4n) is 4.26. The molecule has 1 aliphatic heterocycles. The summed E-state index contributed by atoms with van der Waals surface area (Å²) in [5, 5.41) is 4.19. The van der Waals surface area contributed by atoms with Crippen LogP contribution < -0.4 is 10.1 Å². The van der Waals surface area contributed by atoms with Crippen molar-refractivity contribution in [3.05, 3.63) is 60.6 Å². The molecule has 0 radical (unpaired) electrons. The average molecular weight is 418 g/mol. The Labute approximate surface area is 180 Å². The number of amides is 2. The Morgan fingerprint density at radius 2 is 2.06 bits per heavy atom. The number of aromatic amines is 1. The maximum atomic E-state index is 13.2. The molecule has 0 bridgehead atoms. The van der Waals surface area contributed by atoms with E-state index < -0.39 is 6.04 Å². The quantitative estimate of drug-likeness (QED) is 0.618. The van der Waals surface area contributed by atoms with E-state index in [2.05, 4.69) is 21.4 Å². The number of likely N-dealkylation sites (tertiary alicyclic amines) is 1. The molecule has 0 spiro atoms. The Bertz CT molecular complexity index is 1080. The summed E-state index contributed by atoms with van der Waals surface area (Å²) >= 11 is 0. The third-order valence-corrected chi connectivity index (χ3v) is 6.03. The van der Waals surface area contributed by atoms with Crippen LogP contribution in [0.15, 0.2) is 55.0 Å². The van der Waals surface area contributed by atoms with Gasteiger partial charge in [0.1, 0.15) is 17.9 Å². The van der Waals surface area contributed by atoms with Crippen LogP contribution in [0.25, 0.3) is 10.9 Å². The molecular weight excluding hydrogens is 392 g/mol. The van der Waals surface area contributed by atoms with Crippen molar-refractivity contribution in [3.63, 3.8) is 0 Å². The second kappa shape index (κ2) is 8.41. The van der Waals surface area contributed by atoms with Crippen LogP contribution in [-0.2, 0) is 16.0 Å². The van der Waals surface area contributed by atoms with Crippen LogP contribution in [-0.4, -0.2) is 51.4 Å². The number of aryl methyl sites for hydroxylation is 1. The molecular formula is C24H26N4O3. The molecule has 1 saturated heterocycles. The van der Waals surface area contributed by atoms with E-state index in [1.165, 1.54) is 0 Å². The maximum Gasteiger partial charge on any atom is 0.243 e. The zero-order valence-electron chi connectivity index (χ0n) is 17.3. The number of para-hydroxylation sites is 1. The summed E-state index contributed by atoms with van der Waals surface area (Å²) in [5.41, 5.74) is 2.18. The number of benzene rings is 1. The van der Waals surface area contributed by atoms with Gasteiger partial charge < -0.3 is 19.9 Å². The van der Waals surface area contributed by atoms with Gasteiger partial charge in [-0.3, -0.25) is 14.6 Å². The average Bonchev–Trinajstić information content (AvgIpc) is 3.35. The second-order valence-corrected chi connectivity index (χ2v) is 8.37. The molecule has 2 amide bonds. The fourth-order valence-corrected chi connectivity index (χ4v) is 4.26. The van der Waals surface area contributed by atoms with Crippen molar-refractivity contribution in [1.29, 1.82) is 0 Å². The molecule has 2 fully saturated rings. The third kappa shape index (κ3) is 4.40. The van der Waals surface area contributed by atoms with Gasteiger partial charge in [0.25, 0.3) is 0 Å². The summed E-state index contributed by atoms with van der Waals surface area (Å²) in [6.45, 7) is 0.407. The van der Waals surface area contributed by atoms with Gasteiger partial charge in [-0.15, -0.1) is 0 Å². The van der Waals surface area contributed by atoms with E-state index in [4.69, 9.17) is 4.74 Å². The number of hydrogen-bond acceptors (Lipinski definition) is 4. The molecule has 3 heterocycles. The van der Waals surface area contributed by atoms with Crippen LogP contribution >= 0.6 is 0 Å². The number of nitrogens with zero attached hydrogens (tertiary/aromatic N) is 2. The van der Waals surface area contributed by atoms with Crippen LogP contribution in [0.5, 0.6) is 5.75 Å². The number of nitrogens with one attached hydrogen (secondary N) is 2. The molecule has 2 atom stereocenters. The molecule has 31 heavy (non-hydrogen) atoms. The predicted octanol–water partition coefficient (Wildman–Crippen LogP) is 2.82. The van der Waals surface area contributed by atoms with Gasteiger partial charge in [0.15, 0.2) is 0 Å². The number of fused-ring (bicyclic) bond motifs is 1. The Kier molecular flexibility index (Phi) is 5.32. The first-order valence-corrected chi connectivity index (χ1v) is 10.9. The van der Waals surface area contributed by atoms with E-state index in [-0.39, 0.29) is 24.0 Å². The zero-order valence-corrected chi connectivity index (χ0v) is 17.3. The SMILES string of the molecule is O=C(NC1CC1)[C@@H]1C[C@H](Oc2cccnc2)CN1C(=O)CCc1c[nH]c2ccccc12. The summed E-state index contributed by atoms with van der Waals surface area (Å²) in [7, 11) is 0. The van der Waals surface area contributed by atoms with E-state index in [0.29, 0.717) is 31.6 Å². The molecule has 1 aromatic carbocycles. The molecule has 1 saturated carbocycles. The first kappa shape index (κ1) is 19.6. The van der Waals surface area contributed by atoms with Crippen molar-refractivity contribution in [2.24, 2.45) is 0 Å². The number of H-pyrrole nitrogens is 1. The third-order valence-electron chi connectivity index (χ3n) is 6.03. The number of aromatic nitrogens is 2. The van der Waals surface area contributed by atoms with Crippen molar-refractivity contribution in [1.82, 2.24) is 20.2 Å².